The first-order valence-corrected chi connectivity index (χ1v) is 6.68. The maximum absolute atomic E-state index is 12.5. The van der Waals surface area contributed by atoms with Crippen molar-refractivity contribution in [3.8, 4) is 0 Å². The van der Waals surface area contributed by atoms with Gasteiger partial charge in [0.1, 0.15) is 5.56 Å². The van der Waals surface area contributed by atoms with Gasteiger partial charge in [0.25, 0.3) is 12.3 Å². The molecule has 19 heavy (non-hydrogen) atoms. The predicted molar refractivity (Wildman–Crippen MR) is 69.6 cm³/mol. The van der Waals surface area contributed by atoms with E-state index in [1.54, 1.807) is 6.92 Å². The lowest BCUT2D eigenvalue weighted by molar-refractivity contribution is 0.0532. The molecule has 1 aliphatic carbocycles. The van der Waals surface area contributed by atoms with Crippen molar-refractivity contribution in [2.24, 2.45) is 0 Å². The van der Waals surface area contributed by atoms with Crippen LogP contribution in [0.4, 0.5) is 8.78 Å². The number of pyridine rings is 1. The fourth-order valence-corrected chi connectivity index (χ4v) is 2.17. The van der Waals surface area contributed by atoms with E-state index in [0.717, 1.165) is 4.90 Å². The maximum Gasteiger partial charge on any atom is 0.259 e. The van der Waals surface area contributed by atoms with E-state index in [0.29, 0.717) is 18.5 Å². The van der Waals surface area contributed by atoms with Crippen molar-refractivity contribution in [1.29, 1.82) is 0 Å². The highest BCUT2D eigenvalue weighted by atomic mass is 79.9. The minimum atomic E-state index is -2.60. The lowest BCUT2D eigenvalue weighted by Gasteiger charge is -2.21. The molecule has 1 aromatic rings. The van der Waals surface area contributed by atoms with Gasteiger partial charge in [0.05, 0.1) is 11.0 Å². The van der Waals surface area contributed by atoms with Crippen LogP contribution >= 0.6 is 15.9 Å². The van der Waals surface area contributed by atoms with Gasteiger partial charge < -0.3 is 9.88 Å². The SMILES string of the molecule is Cc1[nH]cc(C(=O)N(CC(F)F)C2CC2)c(=O)c1Br. The molecule has 0 aliphatic heterocycles. The summed E-state index contributed by atoms with van der Waals surface area (Å²) >= 11 is 3.09. The number of hydrogen-bond donors (Lipinski definition) is 1. The second-order valence-electron chi connectivity index (χ2n) is 4.55. The molecule has 4 nitrogen and oxygen atoms in total. The summed E-state index contributed by atoms with van der Waals surface area (Å²) in [5.74, 6) is -0.634. The van der Waals surface area contributed by atoms with Crippen LogP contribution in [0, 0.1) is 6.92 Å². The molecule has 1 aromatic heterocycles. The van der Waals surface area contributed by atoms with Crippen LogP contribution in [0.3, 0.4) is 0 Å². The van der Waals surface area contributed by atoms with E-state index >= 15 is 0 Å². The number of carbonyl (C=O) groups is 1. The highest BCUT2D eigenvalue weighted by molar-refractivity contribution is 9.10. The third-order valence-corrected chi connectivity index (χ3v) is 3.97. The summed E-state index contributed by atoms with van der Waals surface area (Å²) in [7, 11) is 0. The van der Waals surface area contributed by atoms with Gasteiger partial charge in [-0.15, -0.1) is 0 Å². The topological polar surface area (TPSA) is 53.2 Å². The number of aromatic amines is 1. The normalized spacial score (nSPS) is 14.8. The molecule has 2 rings (SSSR count). The zero-order chi connectivity index (χ0) is 14.2. The number of nitrogens with one attached hydrogen (secondary N) is 1. The quantitative estimate of drug-likeness (QED) is 0.918. The molecule has 0 bridgehead atoms. The Labute approximate surface area is 116 Å². The summed E-state index contributed by atoms with van der Waals surface area (Å²) in [6, 6.07) is -0.166. The van der Waals surface area contributed by atoms with E-state index in [1.165, 1.54) is 6.20 Å². The minimum absolute atomic E-state index is 0.106. The van der Waals surface area contributed by atoms with Crippen LogP contribution in [0.1, 0.15) is 28.9 Å². The molecule has 0 spiro atoms. The van der Waals surface area contributed by atoms with Crippen LogP contribution in [0.5, 0.6) is 0 Å². The van der Waals surface area contributed by atoms with Gasteiger partial charge in [-0.3, -0.25) is 9.59 Å². The Morgan fingerprint density at radius 2 is 2.21 bits per heavy atom. The number of amides is 1. The molecule has 0 atom stereocenters. The van der Waals surface area contributed by atoms with Crippen molar-refractivity contribution in [3.05, 3.63) is 32.2 Å². The van der Waals surface area contributed by atoms with Gasteiger partial charge in [0, 0.05) is 17.9 Å². The van der Waals surface area contributed by atoms with Crippen LogP contribution < -0.4 is 5.43 Å². The molecule has 1 heterocycles. The zero-order valence-electron chi connectivity index (χ0n) is 10.3. The van der Waals surface area contributed by atoms with E-state index in [1.807, 2.05) is 0 Å². The summed E-state index contributed by atoms with van der Waals surface area (Å²) in [6.07, 6.45) is 0.107. The molecule has 104 valence electrons. The average Bonchev–Trinajstić information content (AvgIpc) is 3.16. The van der Waals surface area contributed by atoms with Gasteiger partial charge >= 0.3 is 0 Å². The first kappa shape index (κ1) is 14.2. The number of rotatable bonds is 4. The lowest BCUT2D eigenvalue weighted by atomic mass is 10.2. The largest absolute Gasteiger partial charge is 0.363 e. The van der Waals surface area contributed by atoms with Crippen molar-refractivity contribution < 1.29 is 13.6 Å². The molecule has 1 amide bonds. The zero-order valence-corrected chi connectivity index (χ0v) is 11.8. The van der Waals surface area contributed by atoms with Gasteiger partial charge in [-0.25, -0.2) is 8.78 Å². The van der Waals surface area contributed by atoms with E-state index in [2.05, 4.69) is 20.9 Å². The van der Waals surface area contributed by atoms with Gasteiger partial charge in [0.15, 0.2) is 0 Å². The molecule has 7 heteroatoms. The maximum atomic E-state index is 12.5. The molecule has 1 aliphatic rings. The Morgan fingerprint density at radius 1 is 1.58 bits per heavy atom. The van der Waals surface area contributed by atoms with E-state index in [9.17, 15) is 18.4 Å². The average molecular weight is 335 g/mol. The van der Waals surface area contributed by atoms with Crippen LogP contribution in [0.15, 0.2) is 15.5 Å². The number of aromatic nitrogens is 1. The van der Waals surface area contributed by atoms with Crippen molar-refractivity contribution in [2.45, 2.75) is 32.2 Å². The fraction of sp³-hybridized carbons (Fsp3) is 0.500. The smallest absolute Gasteiger partial charge is 0.259 e. The number of H-pyrrole nitrogens is 1. The highest BCUT2D eigenvalue weighted by Gasteiger charge is 2.35. The number of alkyl halides is 2. The Hall–Kier alpha value is -1.24. The Morgan fingerprint density at radius 3 is 2.74 bits per heavy atom. The highest BCUT2D eigenvalue weighted by Crippen LogP contribution is 2.28. The number of halogens is 3. The monoisotopic (exact) mass is 334 g/mol. The summed E-state index contributed by atoms with van der Waals surface area (Å²) in [6.45, 7) is 1.05. The van der Waals surface area contributed by atoms with Crippen LogP contribution in [0.2, 0.25) is 0 Å². The van der Waals surface area contributed by atoms with Gasteiger partial charge in [-0.05, 0) is 35.7 Å². The van der Waals surface area contributed by atoms with Gasteiger partial charge in [-0.1, -0.05) is 0 Å². The number of carbonyl (C=O) groups excluding carboxylic acids is 1. The van der Waals surface area contributed by atoms with Crippen molar-refractivity contribution >= 4 is 21.8 Å². The fourth-order valence-electron chi connectivity index (χ4n) is 1.84. The van der Waals surface area contributed by atoms with Crippen molar-refractivity contribution in [1.82, 2.24) is 9.88 Å². The summed E-state index contributed by atoms with van der Waals surface area (Å²) in [5, 5.41) is 0. The number of nitrogens with zero attached hydrogens (tertiary/aromatic N) is 1. The van der Waals surface area contributed by atoms with E-state index < -0.39 is 24.3 Å². The number of hydrogen-bond acceptors (Lipinski definition) is 2. The summed E-state index contributed by atoms with van der Waals surface area (Å²) in [4.78, 5) is 28.0. The Kier molecular flexibility index (Phi) is 4.03. The van der Waals surface area contributed by atoms with Crippen LogP contribution in [0.25, 0.3) is 0 Å². The molecule has 1 N–H and O–H groups in total. The molecule has 0 aromatic carbocycles. The molecule has 1 fully saturated rings. The first-order valence-electron chi connectivity index (χ1n) is 5.88. The van der Waals surface area contributed by atoms with Gasteiger partial charge in [0.2, 0.25) is 5.43 Å². The lowest BCUT2D eigenvalue weighted by Crippen LogP contribution is -2.39. The van der Waals surface area contributed by atoms with Gasteiger partial charge in [-0.2, -0.15) is 0 Å². The van der Waals surface area contributed by atoms with E-state index in [4.69, 9.17) is 0 Å². The molecule has 0 saturated heterocycles. The third kappa shape index (κ3) is 3.02. The molecular weight excluding hydrogens is 322 g/mol. The second-order valence-corrected chi connectivity index (χ2v) is 5.34. The first-order chi connectivity index (χ1) is 8.91. The van der Waals surface area contributed by atoms with Crippen molar-refractivity contribution in [3.63, 3.8) is 0 Å². The van der Waals surface area contributed by atoms with Crippen molar-refractivity contribution in [2.75, 3.05) is 6.54 Å². The Balaban J connectivity index is 2.32. The number of aryl methyl sites for hydroxylation is 1. The molecule has 0 unspecified atom stereocenters. The minimum Gasteiger partial charge on any atom is -0.363 e. The van der Waals surface area contributed by atoms with Crippen LogP contribution in [-0.4, -0.2) is 34.8 Å². The predicted octanol–water partition coefficient (Wildman–Crippen LogP) is 2.32. The summed E-state index contributed by atoms with van der Waals surface area (Å²) in [5.41, 5.74) is 0.0135. The second kappa shape index (κ2) is 5.40. The third-order valence-electron chi connectivity index (χ3n) is 3.02. The Bertz CT molecular complexity index is 555. The standard InChI is InChI=1S/C12H13BrF2N2O2/c1-6-10(13)11(18)8(4-16-6)12(19)17(5-9(14)15)7-2-3-7/h4,7,9H,2-3,5H2,1H3,(H,16,18). The molecule has 1 saturated carbocycles. The molecule has 0 radical (unpaired) electrons. The van der Waals surface area contributed by atoms with E-state index in [-0.39, 0.29) is 16.1 Å². The molecular formula is C12H13BrF2N2O2. The summed E-state index contributed by atoms with van der Waals surface area (Å²) < 4.78 is 25.3. The van der Waals surface area contributed by atoms with Crippen LogP contribution in [-0.2, 0) is 0 Å².